The minimum absolute atomic E-state index is 0.0441. The number of nitrogens with two attached hydrogens (primary N) is 1. The first-order chi connectivity index (χ1) is 7.72. The van der Waals surface area contributed by atoms with Gasteiger partial charge in [0.25, 0.3) is 5.91 Å². The van der Waals surface area contributed by atoms with Gasteiger partial charge in [-0.05, 0) is 17.5 Å². The summed E-state index contributed by atoms with van der Waals surface area (Å²) in [6.45, 7) is -0.534. The van der Waals surface area contributed by atoms with E-state index in [2.05, 4.69) is 5.10 Å². The molecular weight excluding hydrogens is 229 g/mol. The Morgan fingerprint density at radius 1 is 1.62 bits per heavy atom. The normalized spacial score (nSPS) is 10.6. The molecule has 0 saturated heterocycles. The molecule has 2 N–H and O–H groups in total. The van der Waals surface area contributed by atoms with Gasteiger partial charge in [0.1, 0.15) is 12.4 Å². The number of primary amides is 1. The van der Waals surface area contributed by atoms with Crippen LogP contribution in [-0.4, -0.2) is 22.4 Å². The van der Waals surface area contributed by atoms with Gasteiger partial charge in [-0.25, -0.2) is 4.39 Å². The van der Waals surface area contributed by atoms with Gasteiger partial charge in [0.05, 0.1) is 12.2 Å². The van der Waals surface area contributed by atoms with E-state index in [-0.39, 0.29) is 12.2 Å². The van der Waals surface area contributed by atoms with Crippen molar-refractivity contribution in [1.29, 1.82) is 0 Å². The standard InChI is InChI=1S/C10H10FN3OS/c11-2-3-14-9(10(12)15)5-8(13-14)7-1-4-16-6-7/h1,4-6H,2-3H2,(H2,12,15). The predicted octanol–water partition coefficient (Wildman–Crippen LogP) is 1.68. The summed E-state index contributed by atoms with van der Waals surface area (Å²) >= 11 is 1.53. The maximum Gasteiger partial charge on any atom is 0.266 e. The van der Waals surface area contributed by atoms with E-state index in [0.717, 1.165) is 5.56 Å². The summed E-state index contributed by atoms with van der Waals surface area (Å²) in [4.78, 5) is 11.1. The van der Waals surface area contributed by atoms with Crippen LogP contribution < -0.4 is 5.73 Å². The van der Waals surface area contributed by atoms with Crippen LogP contribution in [0.2, 0.25) is 0 Å². The summed E-state index contributed by atoms with van der Waals surface area (Å²) < 4.78 is 13.6. The SMILES string of the molecule is NC(=O)c1cc(-c2ccsc2)nn1CCF. The first kappa shape index (κ1) is 10.8. The minimum atomic E-state index is -0.595. The molecule has 0 aliphatic heterocycles. The molecule has 2 rings (SSSR count). The average molecular weight is 239 g/mol. The number of nitrogens with zero attached hydrogens (tertiary/aromatic N) is 2. The molecule has 4 nitrogen and oxygen atoms in total. The monoisotopic (exact) mass is 239 g/mol. The number of alkyl halides is 1. The fourth-order valence-electron chi connectivity index (χ4n) is 1.42. The molecule has 0 saturated carbocycles. The molecule has 1 amide bonds. The van der Waals surface area contributed by atoms with E-state index in [4.69, 9.17) is 5.73 Å². The third-order valence-corrected chi connectivity index (χ3v) is 2.83. The molecule has 2 aromatic heterocycles. The van der Waals surface area contributed by atoms with Gasteiger partial charge in [0, 0.05) is 10.9 Å². The van der Waals surface area contributed by atoms with Crippen molar-refractivity contribution >= 4 is 17.2 Å². The first-order valence-electron chi connectivity index (χ1n) is 4.68. The third-order valence-electron chi connectivity index (χ3n) is 2.15. The van der Waals surface area contributed by atoms with E-state index < -0.39 is 12.6 Å². The van der Waals surface area contributed by atoms with Crippen LogP contribution in [-0.2, 0) is 6.54 Å². The van der Waals surface area contributed by atoms with E-state index in [1.54, 1.807) is 6.07 Å². The Balaban J connectivity index is 2.42. The Hall–Kier alpha value is -1.69. The summed E-state index contributed by atoms with van der Waals surface area (Å²) in [6, 6.07) is 3.47. The zero-order valence-electron chi connectivity index (χ0n) is 8.39. The second kappa shape index (κ2) is 4.44. The zero-order chi connectivity index (χ0) is 11.5. The lowest BCUT2D eigenvalue weighted by Gasteiger charge is -1.99. The molecule has 6 heteroatoms. The summed E-state index contributed by atoms with van der Waals surface area (Å²) in [7, 11) is 0. The number of rotatable bonds is 4. The molecule has 84 valence electrons. The van der Waals surface area contributed by atoms with Gasteiger partial charge in [0.2, 0.25) is 0 Å². The van der Waals surface area contributed by atoms with Gasteiger partial charge in [-0.15, -0.1) is 0 Å². The van der Waals surface area contributed by atoms with Crippen LogP contribution in [0.25, 0.3) is 11.3 Å². The highest BCUT2D eigenvalue weighted by Crippen LogP contribution is 2.21. The van der Waals surface area contributed by atoms with E-state index in [0.29, 0.717) is 5.69 Å². The Labute approximate surface area is 95.5 Å². The molecule has 0 fully saturated rings. The van der Waals surface area contributed by atoms with Crippen LogP contribution in [0.3, 0.4) is 0 Å². The van der Waals surface area contributed by atoms with Crippen LogP contribution in [0.15, 0.2) is 22.9 Å². The smallest absolute Gasteiger partial charge is 0.266 e. The maximum absolute atomic E-state index is 12.3. The number of amides is 1. The maximum atomic E-state index is 12.3. The van der Waals surface area contributed by atoms with Crippen molar-refractivity contribution in [2.75, 3.05) is 6.67 Å². The molecule has 0 unspecified atom stereocenters. The van der Waals surface area contributed by atoms with Crippen LogP contribution in [0.1, 0.15) is 10.5 Å². The molecule has 0 radical (unpaired) electrons. The van der Waals surface area contributed by atoms with Crippen molar-refractivity contribution < 1.29 is 9.18 Å². The van der Waals surface area contributed by atoms with Crippen LogP contribution in [0.5, 0.6) is 0 Å². The Bertz CT molecular complexity index is 492. The minimum Gasteiger partial charge on any atom is -0.364 e. The van der Waals surface area contributed by atoms with Crippen LogP contribution in [0.4, 0.5) is 4.39 Å². The number of halogens is 1. The van der Waals surface area contributed by atoms with Crippen molar-refractivity contribution in [3.63, 3.8) is 0 Å². The van der Waals surface area contributed by atoms with Crippen molar-refractivity contribution in [2.24, 2.45) is 5.73 Å². The Morgan fingerprint density at radius 2 is 2.44 bits per heavy atom. The lowest BCUT2D eigenvalue weighted by molar-refractivity contribution is 0.0989. The molecule has 2 heterocycles. The highest BCUT2D eigenvalue weighted by Gasteiger charge is 2.13. The summed E-state index contributed by atoms with van der Waals surface area (Å²) in [5.41, 5.74) is 6.98. The number of carbonyl (C=O) groups is 1. The van der Waals surface area contributed by atoms with E-state index in [1.807, 2.05) is 16.8 Å². The highest BCUT2D eigenvalue weighted by molar-refractivity contribution is 7.08. The number of hydrogen-bond acceptors (Lipinski definition) is 3. The Morgan fingerprint density at radius 3 is 3.00 bits per heavy atom. The highest BCUT2D eigenvalue weighted by atomic mass is 32.1. The fraction of sp³-hybridized carbons (Fsp3) is 0.200. The number of aromatic nitrogens is 2. The Kier molecular flexibility index (Phi) is 3.00. The number of hydrogen-bond donors (Lipinski definition) is 1. The largest absolute Gasteiger partial charge is 0.364 e. The second-order valence-corrected chi connectivity index (χ2v) is 3.98. The number of carbonyl (C=O) groups excluding carboxylic acids is 1. The van der Waals surface area contributed by atoms with E-state index >= 15 is 0 Å². The zero-order valence-corrected chi connectivity index (χ0v) is 9.21. The van der Waals surface area contributed by atoms with Gasteiger partial charge >= 0.3 is 0 Å². The van der Waals surface area contributed by atoms with E-state index in [1.165, 1.54) is 16.0 Å². The topological polar surface area (TPSA) is 60.9 Å². The molecule has 2 aromatic rings. The quantitative estimate of drug-likeness (QED) is 0.882. The van der Waals surface area contributed by atoms with Gasteiger partial charge in [-0.1, -0.05) is 0 Å². The molecule has 16 heavy (non-hydrogen) atoms. The number of thiophene rings is 1. The van der Waals surface area contributed by atoms with Crippen molar-refractivity contribution in [3.8, 4) is 11.3 Å². The molecule has 0 spiro atoms. The molecule has 0 aliphatic carbocycles. The molecule has 0 bridgehead atoms. The average Bonchev–Trinajstić information content (AvgIpc) is 2.83. The summed E-state index contributed by atoms with van der Waals surface area (Å²) in [5.74, 6) is -0.595. The molecule has 0 aliphatic rings. The van der Waals surface area contributed by atoms with Crippen molar-refractivity contribution in [2.45, 2.75) is 6.54 Å². The fourth-order valence-corrected chi connectivity index (χ4v) is 2.07. The molecular formula is C10H10FN3OS. The first-order valence-corrected chi connectivity index (χ1v) is 5.63. The predicted molar refractivity (Wildman–Crippen MR) is 60.0 cm³/mol. The second-order valence-electron chi connectivity index (χ2n) is 3.20. The summed E-state index contributed by atoms with van der Waals surface area (Å²) in [5, 5.41) is 7.97. The lowest BCUT2D eigenvalue weighted by Crippen LogP contribution is -2.18. The molecule has 0 atom stereocenters. The van der Waals surface area contributed by atoms with Crippen LogP contribution >= 0.6 is 11.3 Å². The van der Waals surface area contributed by atoms with Crippen molar-refractivity contribution in [3.05, 3.63) is 28.6 Å². The number of aryl methyl sites for hydroxylation is 1. The third kappa shape index (κ3) is 1.96. The lowest BCUT2D eigenvalue weighted by atomic mass is 10.2. The van der Waals surface area contributed by atoms with Crippen molar-refractivity contribution in [1.82, 2.24) is 9.78 Å². The van der Waals surface area contributed by atoms with Gasteiger partial charge in [-0.2, -0.15) is 16.4 Å². The molecule has 0 aromatic carbocycles. The van der Waals surface area contributed by atoms with Crippen LogP contribution in [0, 0.1) is 0 Å². The van der Waals surface area contributed by atoms with Gasteiger partial charge in [-0.3, -0.25) is 9.48 Å². The van der Waals surface area contributed by atoms with Gasteiger partial charge in [0.15, 0.2) is 0 Å². The van der Waals surface area contributed by atoms with E-state index in [9.17, 15) is 9.18 Å². The summed E-state index contributed by atoms with van der Waals surface area (Å²) in [6.07, 6.45) is 0. The van der Waals surface area contributed by atoms with Gasteiger partial charge < -0.3 is 5.73 Å².